The molecule has 0 aromatic carbocycles. The molecule has 1 unspecified atom stereocenters. The molecule has 0 aliphatic carbocycles. The third-order valence-corrected chi connectivity index (χ3v) is 7.09. The van der Waals surface area contributed by atoms with Crippen LogP contribution in [0.1, 0.15) is 24.5 Å². The highest BCUT2D eigenvalue weighted by atomic mass is 32.2. The highest BCUT2D eigenvalue weighted by Gasteiger charge is 2.16. The number of nitriles is 1. The Labute approximate surface area is 232 Å². The van der Waals surface area contributed by atoms with Crippen molar-refractivity contribution in [1.29, 1.82) is 5.26 Å². The first-order valence-electron chi connectivity index (χ1n) is 12.5. The van der Waals surface area contributed by atoms with Gasteiger partial charge in [-0.1, -0.05) is 5.92 Å². The van der Waals surface area contributed by atoms with E-state index in [2.05, 4.69) is 48.0 Å². The SMILES string of the molecule is CCOc1cc(-c2ccc(NCCNS(=O)(=O)CC(O)CC#CCc3cncnc3)nc2)c2c(C#N)cnn2c1. The second kappa shape index (κ2) is 13.5. The van der Waals surface area contributed by atoms with Gasteiger partial charge in [0, 0.05) is 61.2 Å². The molecule has 0 amide bonds. The molecule has 0 bridgehead atoms. The van der Waals surface area contributed by atoms with Crippen LogP contribution in [0.5, 0.6) is 5.75 Å². The van der Waals surface area contributed by atoms with E-state index in [1.165, 1.54) is 12.5 Å². The van der Waals surface area contributed by atoms with Crippen molar-refractivity contribution in [2.45, 2.75) is 25.9 Å². The Morgan fingerprint density at radius 1 is 1.15 bits per heavy atom. The molecule has 0 radical (unpaired) electrons. The lowest BCUT2D eigenvalue weighted by Gasteiger charge is -2.12. The van der Waals surface area contributed by atoms with E-state index in [1.807, 2.05) is 19.1 Å². The molecule has 0 aliphatic rings. The van der Waals surface area contributed by atoms with Crippen molar-refractivity contribution in [1.82, 2.24) is 29.3 Å². The minimum atomic E-state index is -3.69. The topological polar surface area (TPSA) is 167 Å². The van der Waals surface area contributed by atoms with Gasteiger partial charge in [0.2, 0.25) is 10.0 Å². The Balaban J connectivity index is 1.27. The minimum Gasteiger partial charge on any atom is -0.492 e. The van der Waals surface area contributed by atoms with Gasteiger partial charge in [-0.25, -0.2) is 32.6 Å². The summed E-state index contributed by atoms with van der Waals surface area (Å²) in [4.78, 5) is 12.2. The van der Waals surface area contributed by atoms with E-state index in [9.17, 15) is 18.8 Å². The van der Waals surface area contributed by atoms with E-state index in [0.29, 0.717) is 35.7 Å². The maximum atomic E-state index is 12.3. The third kappa shape index (κ3) is 7.74. The van der Waals surface area contributed by atoms with E-state index in [0.717, 1.165) is 16.7 Å². The van der Waals surface area contributed by atoms with Crippen LogP contribution in [0.2, 0.25) is 0 Å². The summed E-state index contributed by atoms with van der Waals surface area (Å²) >= 11 is 0. The maximum Gasteiger partial charge on any atom is 0.214 e. The van der Waals surface area contributed by atoms with Crippen molar-refractivity contribution in [3.05, 3.63) is 66.6 Å². The van der Waals surface area contributed by atoms with Gasteiger partial charge >= 0.3 is 0 Å². The van der Waals surface area contributed by atoms with Crippen LogP contribution in [0.3, 0.4) is 0 Å². The summed E-state index contributed by atoms with van der Waals surface area (Å²) in [6.45, 7) is 2.76. The van der Waals surface area contributed by atoms with Crippen molar-refractivity contribution >= 4 is 21.4 Å². The van der Waals surface area contributed by atoms with Gasteiger partial charge in [0.05, 0.1) is 41.9 Å². The average molecular weight is 561 g/mol. The Morgan fingerprint density at radius 3 is 2.70 bits per heavy atom. The number of aliphatic hydroxyl groups is 1. The number of pyridine rings is 2. The second-order valence-corrected chi connectivity index (χ2v) is 10.5. The van der Waals surface area contributed by atoms with Crippen LogP contribution in [0.4, 0.5) is 5.82 Å². The fourth-order valence-corrected chi connectivity index (χ4v) is 5.00. The molecule has 13 heteroatoms. The van der Waals surface area contributed by atoms with E-state index in [4.69, 9.17) is 4.74 Å². The van der Waals surface area contributed by atoms with E-state index < -0.39 is 21.9 Å². The van der Waals surface area contributed by atoms with Gasteiger partial charge in [-0.3, -0.25) is 0 Å². The lowest BCUT2D eigenvalue weighted by molar-refractivity contribution is 0.203. The zero-order chi connectivity index (χ0) is 28.4. The Bertz CT molecular complexity index is 1640. The highest BCUT2D eigenvalue weighted by Crippen LogP contribution is 2.30. The molecule has 0 saturated carbocycles. The molecule has 40 heavy (non-hydrogen) atoms. The van der Waals surface area contributed by atoms with E-state index >= 15 is 0 Å². The van der Waals surface area contributed by atoms with Crippen molar-refractivity contribution in [3.63, 3.8) is 0 Å². The number of sulfonamides is 1. The van der Waals surface area contributed by atoms with Crippen molar-refractivity contribution in [3.8, 4) is 34.8 Å². The molecule has 0 aliphatic heterocycles. The molecule has 0 saturated heterocycles. The van der Waals surface area contributed by atoms with Crippen LogP contribution in [0.25, 0.3) is 16.6 Å². The Kier molecular flexibility index (Phi) is 9.59. The molecule has 4 aromatic heterocycles. The van der Waals surface area contributed by atoms with E-state index in [-0.39, 0.29) is 19.5 Å². The van der Waals surface area contributed by atoms with Crippen molar-refractivity contribution in [2.24, 2.45) is 0 Å². The van der Waals surface area contributed by atoms with Crippen LogP contribution >= 0.6 is 0 Å². The number of nitrogens with one attached hydrogen (secondary N) is 2. The lowest BCUT2D eigenvalue weighted by Crippen LogP contribution is -2.34. The zero-order valence-electron chi connectivity index (χ0n) is 21.8. The number of anilines is 1. The number of ether oxygens (including phenoxy) is 1. The molecule has 12 nitrogen and oxygen atoms in total. The number of aliphatic hydroxyl groups excluding tert-OH is 1. The quantitative estimate of drug-likeness (QED) is 0.172. The van der Waals surface area contributed by atoms with Gasteiger partial charge in [-0.15, -0.1) is 5.92 Å². The Hall–Kier alpha value is -4.56. The maximum absolute atomic E-state index is 12.3. The van der Waals surface area contributed by atoms with Crippen LogP contribution in [-0.4, -0.2) is 69.6 Å². The molecule has 4 aromatic rings. The Morgan fingerprint density at radius 2 is 1.98 bits per heavy atom. The predicted octanol–water partition coefficient (Wildman–Crippen LogP) is 1.79. The largest absolute Gasteiger partial charge is 0.492 e. The molecule has 0 fully saturated rings. The molecule has 0 spiro atoms. The number of aromatic nitrogens is 5. The molecule has 206 valence electrons. The van der Waals surface area contributed by atoms with Crippen LogP contribution in [0, 0.1) is 23.2 Å². The summed E-state index contributed by atoms with van der Waals surface area (Å²) in [5, 5.41) is 26.9. The highest BCUT2D eigenvalue weighted by molar-refractivity contribution is 7.89. The standard InChI is InChI=1S/C27H28N8O4S/c1-2-39-24-11-25(27-22(12-28)16-33-35(27)17-24)21-7-8-26(32-15-21)31-9-10-34-40(37,38)18-23(36)6-4-3-5-20-13-29-19-30-14-20/h7-8,11,13-17,19,23,34,36H,2,5-6,9-10,18H2,1H3,(H,31,32). The van der Waals surface area contributed by atoms with Gasteiger partial charge in [0.15, 0.2) is 0 Å². The van der Waals surface area contributed by atoms with Gasteiger partial charge in [-0.2, -0.15) is 10.4 Å². The summed E-state index contributed by atoms with van der Waals surface area (Å²) in [5.41, 5.74) is 3.46. The minimum absolute atomic E-state index is 0.0397. The number of nitrogens with zero attached hydrogens (tertiary/aromatic N) is 6. The number of hydrogen-bond acceptors (Lipinski definition) is 10. The fraction of sp³-hybridized carbons (Fsp3) is 0.296. The fourth-order valence-electron chi connectivity index (χ4n) is 3.85. The number of hydrogen-bond donors (Lipinski definition) is 3. The van der Waals surface area contributed by atoms with Crippen molar-refractivity contribution < 1.29 is 18.3 Å². The predicted molar refractivity (Wildman–Crippen MR) is 149 cm³/mol. The van der Waals surface area contributed by atoms with Gasteiger partial charge in [0.25, 0.3) is 0 Å². The number of rotatable bonds is 12. The first-order valence-corrected chi connectivity index (χ1v) is 14.1. The molecule has 4 heterocycles. The lowest BCUT2D eigenvalue weighted by atomic mass is 10.1. The normalized spacial score (nSPS) is 11.8. The van der Waals surface area contributed by atoms with Gasteiger partial charge < -0.3 is 15.2 Å². The van der Waals surface area contributed by atoms with Crippen molar-refractivity contribution in [2.75, 3.05) is 30.8 Å². The summed E-state index contributed by atoms with van der Waals surface area (Å²) in [5.74, 6) is 6.39. The summed E-state index contributed by atoms with van der Waals surface area (Å²) in [6.07, 6.45) is 8.97. The summed E-state index contributed by atoms with van der Waals surface area (Å²) < 4.78 is 34.3. The first kappa shape index (κ1) is 28.4. The molecular weight excluding hydrogens is 532 g/mol. The first-order chi connectivity index (χ1) is 19.4. The molecular formula is C27H28N8O4S. The zero-order valence-corrected chi connectivity index (χ0v) is 22.6. The van der Waals surface area contributed by atoms with Crippen LogP contribution in [0.15, 0.2) is 55.5 Å². The molecule has 3 N–H and O–H groups in total. The number of fused-ring (bicyclic) bond motifs is 1. The summed E-state index contributed by atoms with van der Waals surface area (Å²) in [6, 6.07) is 7.62. The van der Waals surface area contributed by atoms with Gasteiger partial charge in [0.1, 0.15) is 24.0 Å². The molecule has 4 rings (SSSR count). The average Bonchev–Trinajstić information content (AvgIpc) is 3.37. The van der Waals surface area contributed by atoms with Gasteiger partial charge in [-0.05, 0) is 25.1 Å². The van der Waals surface area contributed by atoms with Crippen LogP contribution < -0.4 is 14.8 Å². The second-order valence-electron chi connectivity index (χ2n) is 8.66. The third-order valence-electron chi connectivity index (χ3n) is 5.63. The van der Waals surface area contributed by atoms with Crippen LogP contribution in [-0.2, 0) is 16.4 Å². The monoisotopic (exact) mass is 560 g/mol. The molecule has 1 atom stereocenters. The van der Waals surface area contributed by atoms with E-state index in [1.54, 1.807) is 35.4 Å². The summed E-state index contributed by atoms with van der Waals surface area (Å²) in [7, 11) is -3.69. The smallest absolute Gasteiger partial charge is 0.214 e.